The van der Waals surface area contributed by atoms with Crippen molar-refractivity contribution in [1.29, 1.82) is 0 Å². The number of para-hydroxylation sites is 1. The zero-order valence-electron chi connectivity index (χ0n) is 10.6. The van der Waals surface area contributed by atoms with Crippen molar-refractivity contribution in [2.45, 2.75) is 19.3 Å². The van der Waals surface area contributed by atoms with Crippen LogP contribution in [0.25, 0.3) is 0 Å². The van der Waals surface area contributed by atoms with Crippen LogP contribution in [0.3, 0.4) is 0 Å². The van der Waals surface area contributed by atoms with Crippen molar-refractivity contribution >= 4 is 28.6 Å². The number of aromatic carboxylic acids is 1. The lowest BCUT2D eigenvalue weighted by molar-refractivity contribution is 0.0693. The Kier molecular flexibility index (Phi) is 3.60. The lowest BCUT2D eigenvalue weighted by Crippen LogP contribution is -2.05. The number of carbonyl (C=O) groups is 1. The van der Waals surface area contributed by atoms with Crippen LogP contribution in [0, 0.1) is 3.57 Å². The van der Waals surface area contributed by atoms with Crippen molar-refractivity contribution in [1.82, 2.24) is 4.98 Å². The summed E-state index contributed by atoms with van der Waals surface area (Å²) in [6, 6.07) is 9.17. The first-order chi connectivity index (χ1) is 9.65. The lowest BCUT2D eigenvalue weighted by Gasteiger charge is -2.11. The molecule has 0 amide bonds. The summed E-state index contributed by atoms with van der Waals surface area (Å²) >= 11 is 2.15. The highest BCUT2D eigenvalue weighted by Gasteiger charge is 2.21. The molecule has 1 aliphatic carbocycles. The maximum absolute atomic E-state index is 11.4. The summed E-state index contributed by atoms with van der Waals surface area (Å²) in [6.45, 7) is 0. The fourth-order valence-electron chi connectivity index (χ4n) is 2.32. The molecule has 1 heterocycles. The molecule has 0 spiro atoms. The lowest BCUT2D eigenvalue weighted by atomic mass is 10.1. The number of aromatic nitrogens is 1. The molecule has 5 heteroatoms. The van der Waals surface area contributed by atoms with Gasteiger partial charge in [0.25, 0.3) is 0 Å². The van der Waals surface area contributed by atoms with Crippen molar-refractivity contribution in [3.8, 4) is 11.6 Å². The number of ether oxygens (including phenoxy) is 1. The van der Waals surface area contributed by atoms with Crippen LogP contribution in [0.2, 0.25) is 0 Å². The van der Waals surface area contributed by atoms with E-state index in [1.807, 2.05) is 24.3 Å². The van der Waals surface area contributed by atoms with Crippen molar-refractivity contribution in [3.63, 3.8) is 0 Å². The smallest absolute Gasteiger partial charge is 0.341 e. The van der Waals surface area contributed by atoms with Gasteiger partial charge < -0.3 is 9.84 Å². The number of nitrogens with zero attached hydrogens (tertiary/aromatic N) is 1. The molecule has 0 bridgehead atoms. The summed E-state index contributed by atoms with van der Waals surface area (Å²) < 4.78 is 6.65. The molecule has 0 atom stereocenters. The molecule has 0 saturated heterocycles. The summed E-state index contributed by atoms with van der Waals surface area (Å²) in [5.74, 6) is -0.198. The van der Waals surface area contributed by atoms with Crippen molar-refractivity contribution in [2.24, 2.45) is 0 Å². The molecule has 1 aliphatic rings. The topological polar surface area (TPSA) is 59.4 Å². The van der Waals surface area contributed by atoms with Crippen LogP contribution in [0.5, 0.6) is 11.6 Å². The van der Waals surface area contributed by atoms with Gasteiger partial charge in [-0.2, -0.15) is 0 Å². The molecule has 0 fully saturated rings. The van der Waals surface area contributed by atoms with Gasteiger partial charge in [-0.05, 0) is 65.6 Å². The first kappa shape index (κ1) is 13.4. The minimum atomic E-state index is -1.01. The largest absolute Gasteiger partial charge is 0.477 e. The number of benzene rings is 1. The molecule has 102 valence electrons. The Morgan fingerprint density at radius 2 is 2.10 bits per heavy atom. The number of halogens is 1. The highest BCUT2D eigenvalue weighted by atomic mass is 127. The molecule has 0 unspecified atom stereocenters. The van der Waals surface area contributed by atoms with Gasteiger partial charge in [0.05, 0.1) is 3.57 Å². The SMILES string of the molecule is O=C(O)c1cc2c(nc1Oc1ccccc1I)CCC2. The molecule has 0 saturated carbocycles. The fourth-order valence-corrected chi connectivity index (χ4v) is 2.81. The number of pyridine rings is 1. The number of carboxylic acid groups (broad SMARTS) is 1. The van der Waals surface area contributed by atoms with Gasteiger partial charge in [0, 0.05) is 5.69 Å². The molecule has 0 radical (unpaired) electrons. The minimum absolute atomic E-state index is 0.130. The zero-order valence-corrected chi connectivity index (χ0v) is 12.8. The first-order valence-corrected chi connectivity index (χ1v) is 7.41. The average molecular weight is 381 g/mol. The standard InChI is InChI=1S/C15H12INO3/c16-11-5-1-2-7-13(11)20-14-10(15(18)19)8-9-4-3-6-12(9)17-14/h1-2,5,7-8H,3-4,6H2,(H,18,19). The predicted molar refractivity (Wildman–Crippen MR) is 82.5 cm³/mol. The third-order valence-corrected chi connectivity index (χ3v) is 4.18. The van der Waals surface area contributed by atoms with E-state index in [9.17, 15) is 9.90 Å². The van der Waals surface area contributed by atoms with Gasteiger partial charge in [0.15, 0.2) is 0 Å². The Morgan fingerprint density at radius 3 is 2.85 bits per heavy atom. The second-order valence-electron chi connectivity index (χ2n) is 4.64. The Hall–Kier alpha value is -1.63. The molecule has 1 aromatic carbocycles. The van der Waals surface area contributed by atoms with Gasteiger partial charge in [-0.15, -0.1) is 0 Å². The molecule has 2 aromatic rings. The summed E-state index contributed by atoms with van der Waals surface area (Å²) in [5.41, 5.74) is 2.11. The fraction of sp³-hybridized carbons (Fsp3) is 0.200. The number of rotatable bonds is 3. The van der Waals surface area contributed by atoms with Crippen LogP contribution >= 0.6 is 22.6 Å². The van der Waals surface area contributed by atoms with Crippen LogP contribution < -0.4 is 4.74 Å². The third-order valence-electron chi connectivity index (χ3n) is 3.29. The molecule has 4 nitrogen and oxygen atoms in total. The Morgan fingerprint density at radius 1 is 1.30 bits per heavy atom. The van der Waals surface area contributed by atoms with Gasteiger partial charge in [-0.25, -0.2) is 9.78 Å². The highest BCUT2D eigenvalue weighted by molar-refractivity contribution is 14.1. The number of hydrogen-bond acceptors (Lipinski definition) is 3. The normalized spacial score (nSPS) is 13.1. The molecular formula is C15H12INO3. The number of hydrogen-bond donors (Lipinski definition) is 1. The maximum Gasteiger partial charge on any atom is 0.341 e. The summed E-state index contributed by atoms with van der Waals surface area (Å²) in [5, 5.41) is 9.32. The van der Waals surface area contributed by atoms with Gasteiger partial charge >= 0.3 is 5.97 Å². The Labute approximate surface area is 129 Å². The maximum atomic E-state index is 11.4. The molecule has 0 aliphatic heterocycles. The molecule has 1 aromatic heterocycles. The Balaban J connectivity index is 2.04. The van der Waals surface area contributed by atoms with Crippen LogP contribution in [0.1, 0.15) is 28.0 Å². The average Bonchev–Trinajstić information content (AvgIpc) is 2.87. The number of carboxylic acids is 1. The van der Waals surface area contributed by atoms with Crippen LogP contribution in [-0.4, -0.2) is 16.1 Å². The minimum Gasteiger partial charge on any atom is -0.477 e. The number of fused-ring (bicyclic) bond motifs is 1. The highest BCUT2D eigenvalue weighted by Crippen LogP contribution is 2.31. The van der Waals surface area contributed by atoms with Gasteiger partial charge in [-0.3, -0.25) is 0 Å². The third kappa shape index (κ3) is 2.49. The van der Waals surface area contributed by atoms with Gasteiger partial charge in [0.2, 0.25) is 5.88 Å². The second kappa shape index (κ2) is 5.40. The van der Waals surface area contributed by atoms with E-state index in [0.29, 0.717) is 5.75 Å². The summed E-state index contributed by atoms with van der Waals surface area (Å²) in [6.07, 6.45) is 2.80. The van der Waals surface area contributed by atoms with Gasteiger partial charge in [-0.1, -0.05) is 12.1 Å². The quantitative estimate of drug-likeness (QED) is 0.825. The predicted octanol–water partition coefficient (Wildman–Crippen LogP) is 3.67. The summed E-state index contributed by atoms with van der Waals surface area (Å²) in [4.78, 5) is 15.8. The van der Waals surface area contributed by atoms with E-state index in [0.717, 1.165) is 34.1 Å². The second-order valence-corrected chi connectivity index (χ2v) is 5.80. The van der Waals surface area contributed by atoms with E-state index in [1.54, 1.807) is 6.07 Å². The molecule has 20 heavy (non-hydrogen) atoms. The van der Waals surface area contributed by atoms with Crippen LogP contribution in [-0.2, 0) is 12.8 Å². The van der Waals surface area contributed by atoms with E-state index in [-0.39, 0.29) is 11.4 Å². The van der Waals surface area contributed by atoms with Gasteiger partial charge in [0.1, 0.15) is 11.3 Å². The Bertz CT molecular complexity index is 685. The van der Waals surface area contributed by atoms with Crippen molar-refractivity contribution < 1.29 is 14.6 Å². The summed E-state index contributed by atoms with van der Waals surface area (Å²) in [7, 11) is 0. The first-order valence-electron chi connectivity index (χ1n) is 6.33. The molecule has 3 rings (SSSR count). The number of aryl methyl sites for hydroxylation is 2. The molecule has 1 N–H and O–H groups in total. The monoisotopic (exact) mass is 381 g/mol. The molecular weight excluding hydrogens is 369 g/mol. The van der Waals surface area contributed by atoms with E-state index >= 15 is 0 Å². The van der Waals surface area contributed by atoms with E-state index < -0.39 is 5.97 Å². The van der Waals surface area contributed by atoms with Crippen LogP contribution in [0.4, 0.5) is 0 Å². The van der Waals surface area contributed by atoms with E-state index in [4.69, 9.17) is 4.74 Å². The van der Waals surface area contributed by atoms with Crippen molar-refractivity contribution in [3.05, 3.63) is 50.7 Å². The van der Waals surface area contributed by atoms with Crippen LogP contribution in [0.15, 0.2) is 30.3 Å². The zero-order chi connectivity index (χ0) is 14.1. The van der Waals surface area contributed by atoms with E-state index in [2.05, 4.69) is 27.6 Å². The van der Waals surface area contributed by atoms with Crippen molar-refractivity contribution in [2.75, 3.05) is 0 Å². The van der Waals surface area contributed by atoms with E-state index in [1.165, 1.54) is 0 Å².